The minimum absolute atomic E-state index is 0.267. The van der Waals surface area contributed by atoms with Crippen LogP contribution in [0.1, 0.15) is 25.8 Å². The molecule has 1 aromatic carbocycles. The highest BCUT2D eigenvalue weighted by molar-refractivity contribution is 5.53. The number of ether oxygens (including phenoxy) is 1. The molecule has 0 spiro atoms. The maximum Gasteiger partial charge on any atom is 0.118 e. The molecule has 1 atom stereocenters. The van der Waals surface area contributed by atoms with Gasteiger partial charge in [-0.05, 0) is 43.5 Å². The van der Waals surface area contributed by atoms with Crippen molar-refractivity contribution in [3.8, 4) is 5.75 Å². The smallest absolute Gasteiger partial charge is 0.118 e. The molecule has 1 rings (SSSR count). The Hall–Kier alpha value is -1.32. The molecule has 1 aromatic rings. The molecule has 2 N–H and O–H groups in total. The lowest BCUT2D eigenvalue weighted by Crippen LogP contribution is -2.23. The highest BCUT2D eigenvalue weighted by Gasteiger charge is 2.00. The first kappa shape index (κ1) is 15.7. The Labute approximate surface area is 116 Å². The standard InChI is InChI=1S/C16H25NO2/c1-13(8-9-18)11-17-12-14(2)10-15-4-6-16(19-3)7-5-15/h4-7,10,13,17-18H,8-9,11-12H2,1-3H3/b14-10-. The molecule has 0 aliphatic rings. The molecule has 0 saturated carbocycles. The van der Waals surface area contributed by atoms with E-state index in [9.17, 15) is 0 Å². The van der Waals surface area contributed by atoms with Crippen LogP contribution in [0.25, 0.3) is 6.08 Å². The van der Waals surface area contributed by atoms with Crippen molar-refractivity contribution in [2.75, 3.05) is 26.8 Å². The molecule has 0 aliphatic heterocycles. The van der Waals surface area contributed by atoms with Crippen molar-refractivity contribution in [3.05, 3.63) is 35.4 Å². The number of benzene rings is 1. The summed E-state index contributed by atoms with van der Waals surface area (Å²) in [4.78, 5) is 0. The Balaban J connectivity index is 2.39. The zero-order valence-electron chi connectivity index (χ0n) is 12.1. The van der Waals surface area contributed by atoms with Crippen molar-refractivity contribution >= 4 is 6.08 Å². The Morgan fingerprint density at radius 3 is 2.63 bits per heavy atom. The Morgan fingerprint density at radius 1 is 1.37 bits per heavy atom. The molecule has 0 aromatic heterocycles. The number of hydrogen-bond donors (Lipinski definition) is 2. The van der Waals surface area contributed by atoms with Crippen LogP contribution in [-0.2, 0) is 0 Å². The van der Waals surface area contributed by atoms with Gasteiger partial charge >= 0.3 is 0 Å². The molecule has 0 bridgehead atoms. The van der Waals surface area contributed by atoms with Gasteiger partial charge in [0.2, 0.25) is 0 Å². The van der Waals surface area contributed by atoms with E-state index in [1.54, 1.807) is 7.11 Å². The van der Waals surface area contributed by atoms with E-state index in [4.69, 9.17) is 9.84 Å². The SMILES string of the molecule is COc1ccc(/C=C(/C)CNCC(C)CCO)cc1. The summed E-state index contributed by atoms with van der Waals surface area (Å²) in [6.07, 6.45) is 3.03. The van der Waals surface area contributed by atoms with E-state index in [2.05, 4.69) is 37.4 Å². The van der Waals surface area contributed by atoms with Crippen LogP contribution in [0.3, 0.4) is 0 Å². The maximum absolute atomic E-state index is 8.83. The van der Waals surface area contributed by atoms with Crippen molar-refractivity contribution in [3.63, 3.8) is 0 Å². The van der Waals surface area contributed by atoms with Crippen molar-refractivity contribution < 1.29 is 9.84 Å². The second kappa shape index (κ2) is 8.73. The summed E-state index contributed by atoms with van der Waals surface area (Å²) in [6.45, 7) is 6.35. The third-order valence-corrected chi connectivity index (χ3v) is 3.05. The van der Waals surface area contributed by atoms with Gasteiger partial charge in [-0.15, -0.1) is 0 Å². The highest BCUT2D eigenvalue weighted by atomic mass is 16.5. The summed E-state index contributed by atoms with van der Waals surface area (Å²) in [6, 6.07) is 8.04. The van der Waals surface area contributed by atoms with Crippen LogP contribution in [0.15, 0.2) is 29.8 Å². The van der Waals surface area contributed by atoms with Crippen LogP contribution in [0.5, 0.6) is 5.75 Å². The number of hydrogen-bond acceptors (Lipinski definition) is 3. The van der Waals surface area contributed by atoms with Gasteiger partial charge in [-0.3, -0.25) is 0 Å². The number of nitrogens with one attached hydrogen (secondary N) is 1. The van der Waals surface area contributed by atoms with Gasteiger partial charge in [-0.1, -0.05) is 30.7 Å². The van der Waals surface area contributed by atoms with E-state index in [1.807, 2.05) is 12.1 Å². The fourth-order valence-corrected chi connectivity index (χ4v) is 1.87. The van der Waals surface area contributed by atoms with Crippen LogP contribution < -0.4 is 10.1 Å². The molecule has 19 heavy (non-hydrogen) atoms. The minimum atomic E-state index is 0.267. The van der Waals surface area contributed by atoms with E-state index >= 15 is 0 Å². The number of rotatable bonds is 8. The molecule has 0 aliphatic carbocycles. The average Bonchev–Trinajstić information content (AvgIpc) is 2.40. The van der Waals surface area contributed by atoms with Gasteiger partial charge < -0.3 is 15.2 Å². The van der Waals surface area contributed by atoms with Crippen molar-refractivity contribution in [2.45, 2.75) is 20.3 Å². The molecule has 0 heterocycles. The molecule has 1 unspecified atom stereocenters. The molecule has 0 amide bonds. The summed E-state index contributed by atoms with van der Waals surface area (Å²) in [5.74, 6) is 1.39. The van der Waals surface area contributed by atoms with Crippen LogP contribution in [0.4, 0.5) is 0 Å². The first-order valence-electron chi connectivity index (χ1n) is 6.78. The van der Waals surface area contributed by atoms with Crippen LogP contribution >= 0.6 is 0 Å². The topological polar surface area (TPSA) is 41.5 Å². The minimum Gasteiger partial charge on any atom is -0.497 e. The Morgan fingerprint density at radius 2 is 2.05 bits per heavy atom. The normalized spacial score (nSPS) is 13.4. The second-order valence-corrected chi connectivity index (χ2v) is 5.01. The molecular weight excluding hydrogens is 238 g/mol. The van der Waals surface area contributed by atoms with E-state index in [1.165, 1.54) is 11.1 Å². The van der Waals surface area contributed by atoms with Gasteiger partial charge in [-0.25, -0.2) is 0 Å². The largest absolute Gasteiger partial charge is 0.497 e. The lowest BCUT2D eigenvalue weighted by molar-refractivity contribution is 0.261. The van der Waals surface area contributed by atoms with E-state index in [0.717, 1.165) is 25.3 Å². The van der Waals surface area contributed by atoms with Crippen LogP contribution in [0.2, 0.25) is 0 Å². The van der Waals surface area contributed by atoms with Gasteiger partial charge in [0, 0.05) is 13.2 Å². The summed E-state index contributed by atoms with van der Waals surface area (Å²) in [5, 5.41) is 12.2. The first-order valence-corrected chi connectivity index (χ1v) is 6.78. The molecule has 0 fully saturated rings. The molecule has 3 nitrogen and oxygen atoms in total. The predicted molar refractivity (Wildman–Crippen MR) is 80.4 cm³/mol. The number of aliphatic hydroxyl groups is 1. The molecule has 0 radical (unpaired) electrons. The van der Waals surface area contributed by atoms with Gasteiger partial charge in [0.25, 0.3) is 0 Å². The third-order valence-electron chi connectivity index (χ3n) is 3.05. The molecular formula is C16H25NO2. The molecule has 3 heteroatoms. The summed E-state index contributed by atoms with van der Waals surface area (Å²) in [7, 11) is 1.67. The summed E-state index contributed by atoms with van der Waals surface area (Å²) < 4.78 is 5.13. The lowest BCUT2D eigenvalue weighted by atomic mass is 10.1. The monoisotopic (exact) mass is 263 g/mol. The van der Waals surface area contributed by atoms with Gasteiger partial charge in [-0.2, -0.15) is 0 Å². The summed E-state index contributed by atoms with van der Waals surface area (Å²) in [5.41, 5.74) is 2.48. The fourth-order valence-electron chi connectivity index (χ4n) is 1.87. The van der Waals surface area contributed by atoms with Gasteiger partial charge in [0.1, 0.15) is 5.75 Å². The van der Waals surface area contributed by atoms with E-state index in [0.29, 0.717) is 5.92 Å². The average molecular weight is 263 g/mol. The Kier molecular flexibility index (Phi) is 7.23. The predicted octanol–water partition coefficient (Wildman–Crippen LogP) is 2.71. The maximum atomic E-state index is 8.83. The van der Waals surface area contributed by atoms with Crippen LogP contribution in [0, 0.1) is 5.92 Å². The molecule has 106 valence electrons. The van der Waals surface area contributed by atoms with E-state index in [-0.39, 0.29) is 6.61 Å². The van der Waals surface area contributed by atoms with Gasteiger partial charge in [0.15, 0.2) is 0 Å². The number of methoxy groups -OCH3 is 1. The highest BCUT2D eigenvalue weighted by Crippen LogP contribution is 2.13. The van der Waals surface area contributed by atoms with Crippen molar-refractivity contribution in [1.82, 2.24) is 5.32 Å². The van der Waals surface area contributed by atoms with Crippen LogP contribution in [-0.4, -0.2) is 31.9 Å². The second-order valence-electron chi connectivity index (χ2n) is 5.01. The quantitative estimate of drug-likeness (QED) is 0.757. The molecule has 0 saturated heterocycles. The number of aliphatic hydroxyl groups excluding tert-OH is 1. The van der Waals surface area contributed by atoms with Crippen molar-refractivity contribution in [2.24, 2.45) is 5.92 Å². The van der Waals surface area contributed by atoms with Gasteiger partial charge in [0.05, 0.1) is 7.11 Å². The lowest BCUT2D eigenvalue weighted by Gasteiger charge is -2.11. The van der Waals surface area contributed by atoms with E-state index < -0.39 is 0 Å². The zero-order valence-corrected chi connectivity index (χ0v) is 12.1. The zero-order chi connectivity index (χ0) is 14.1. The fraction of sp³-hybridized carbons (Fsp3) is 0.500. The Bertz CT molecular complexity index is 384. The summed E-state index contributed by atoms with van der Waals surface area (Å²) >= 11 is 0. The first-order chi connectivity index (χ1) is 9.15. The third kappa shape index (κ3) is 6.41. The van der Waals surface area contributed by atoms with Crippen molar-refractivity contribution in [1.29, 1.82) is 0 Å².